The highest BCUT2D eigenvalue weighted by molar-refractivity contribution is 5.94. The summed E-state index contributed by atoms with van der Waals surface area (Å²) in [6.07, 6.45) is 1.07. The maximum absolute atomic E-state index is 12.5. The molecule has 1 amide bonds. The third-order valence-electron chi connectivity index (χ3n) is 4.60. The van der Waals surface area contributed by atoms with Crippen molar-refractivity contribution in [2.45, 2.75) is 19.4 Å². The van der Waals surface area contributed by atoms with E-state index in [4.69, 9.17) is 0 Å². The normalized spacial score (nSPS) is 18.8. The zero-order valence-electron chi connectivity index (χ0n) is 13.7. The second kappa shape index (κ2) is 7.42. The Labute approximate surface area is 138 Å². The van der Waals surface area contributed by atoms with Crippen molar-refractivity contribution >= 4 is 5.91 Å². The number of hydrogen-bond donors (Lipinski definition) is 0. The lowest BCUT2D eigenvalue weighted by atomic mass is 10.1. The molecule has 0 saturated carbocycles. The number of benzene rings is 2. The molecule has 3 heteroatoms. The first kappa shape index (κ1) is 15.8. The van der Waals surface area contributed by atoms with E-state index in [0.29, 0.717) is 6.04 Å². The van der Waals surface area contributed by atoms with Crippen LogP contribution in [0.3, 0.4) is 0 Å². The highest BCUT2D eigenvalue weighted by atomic mass is 16.2. The molecule has 1 atom stereocenters. The molecular weight excluding hydrogens is 284 g/mol. The molecule has 0 spiro atoms. The standard InChI is InChI=1S/C20H24N2O/c1-17-16-22(20(23)19-10-6-3-7-11-19)15-14-21(17)13-12-18-8-4-2-5-9-18/h2-11,17H,12-16H2,1H3. The summed E-state index contributed by atoms with van der Waals surface area (Å²) in [4.78, 5) is 17.0. The molecule has 1 fully saturated rings. The zero-order valence-corrected chi connectivity index (χ0v) is 13.7. The first-order valence-electron chi connectivity index (χ1n) is 8.36. The van der Waals surface area contributed by atoms with Crippen LogP contribution in [0, 0.1) is 0 Å². The third-order valence-corrected chi connectivity index (χ3v) is 4.60. The van der Waals surface area contributed by atoms with E-state index in [-0.39, 0.29) is 5.91 Å². The van der Waals surface area contributed by atoms with E-state index in [1.165, 1.54) is 5.56 Å². The maximum Gasteiger partial charge on any atom is 0.253 e. The van der Waals surface area contributed by atoms with Gasteiger partial charge < -0.3 is 4.90 Å². The Hall–Kier alpha value is -2.13. The van der Waals surface area contributed by atoms with Crippen molar-refractivity contribution in [3.8, 4) is 0 Å². The van der Waals surface area contributed by atoms with Gasteiger partial charge in [0, 0.05) is 37.8 Å². The Balaban J connectivity index is 1.54. The number of carbonyl (C=O) groups excluding carboxylic acids is 1. The fourth-order valence-electron chi connectivity index (χ4n) is 3.19. The summed E-state index contributed by atoms with van der Waals surface area (Å²) >= 11 is 0. The van der Waals surface area contributed by atoms with E-state index < -0.39 is 0 Å². The van der Waals surface area contributed by atoms with Crippen molar-refractivity contribution in [1.82, 2.24) is 9.80 Å². The Morgan fingerprint density at radius 2 is 1.65 bits per heavy atom. The lowest BCUT2D eigenvalue weighted by Crippen LogP contribution is -2.53. The van der Waals surface area contributed by atoms with Crippen molar-refractivity contribution < 1.29 is 4.79 Å². The number of hydrogen-bond acceptors (Lipinski definition) is 2. The molecule has 2 aromatic carbocycles. The molecule has 1 heterocycles. The van der Waals surface area contributed by atoms with E-state index in [0.717, 1.165) is 38.2 Å². The van der Waals surface area contributed by atoms with Crippen molar-refractivity contribution in [2.24, 2.45) is 0 Å². The average Bonchev–Trinajstić information content (AvgIpc) is 2.61. The molecule has 1 unspecified atom stereocenters. The second-order valence-corrected chi connectivity index (χ2v) is 6.24. The number of piperazine rings is 1. The molecule has 3 nitrogen and oxygen atoms in total. The highest BCUT2D eigenvalue weighted by Crippen LogP contribution is 2.14. The summed E-state index contributed by atoms with van der Waals surface area (Å²) in [6, 6.07) is 20.6. The van der Waals surface area contributed by atoms with Crippen molar-refractivity contribution in [1.29, 1.82) is 0 Å². The molecule has 0 bridgehead atoms. The van der Waals surface area contributed by atoms with Crippen LogP contribution in [0.4, 0.5) is 0 Å². The SMILES string of the molecule is CC1CN(C(=O)c2ccccc2)CCN1CCc1ccccc1. The molecule has 1 aliphatic rings. The summed E-state index contributed by atoms with van der Waals surface area (Å²) in [7, 11) is 0. The number of rotatable bonds is 4. The van der Waals surface area contributed by atoms with Gasteiger partial charge in [0.25, 0.3) is 5.91 Å². The minimum Gasteiger partial charge on any atom is -0.336 e. The molecule has 2 aromatic rings. The zero-order chi connectivity index (χ0) is 16.1. The number of nitrogens with zero attached hydrogens (tertiary/aromatic N) is 2. The molecule has 0 radical (unpaired) electrons. The van der Waals surface area contributed by atoms with Crippen molar-refractivity contribution in [2.75, 3.05) is 26.2 Å². The van der Waals surface area contributed by atoms with E-state index >= 15 is 0 Å². The molecule has 1 saturated heterocycles. The van der Waals surface area contributed by atoms with Gasteiger partial charge in [0.15, 0.2) is 0 Å². The summed E-state index contributed by atoms with van der Waals surface area (Å²) in [5.74, 6) is 0.153. The largest absolute Gasteiger partial charge is 0.336 e. The minimum absolute atomic E-state index is 0.153. The quantitative estimate of drug-likeness (QED) is 0.866. The van der Waals surface area contributed by atoms with E-state index in [1.807, 2.05) is 35.2 Å². The van der Waals surface area contributed by atoms with Crippen LogP contribution in [0.15, 0.2) is 60.7 Å². The van der Waals surface area contributed by atoms with Gasteiger partial charge in [-0.1, -0.05) is 48.5 Å². The number of amides is 1. The predicted octanol–water partition coefficient (Wildman–Crippen LogP) is 3.08. The highest BCUT2D eigenvalue weighted by Gasteiger charge is 2.26. The molecule has 0 aliphatic carbocycles. The van der Waals surface area contributed by atoms with Crippen LogP contribution in [0.2, 0.25) is 0 Å². The molecule has 0 aromatic heterocycles. The van der Waals surface area contributed by atoms with Gasteiger partial charge in [-0.2, -0.15) is 0 Å². The van der Waals surface area contributed by atoms with Crippen LogP contribution in [-0.2, 0) is 6.42 Å². The molecule has 3 rings (SSSR count). The van der Waals surface area contributed by atoms with Crippen molar-refractivity contribution in [3.05, 3.63) is 71.8 Å². The molecule has 1 aliphatic heterocycles. The molecule has 120 valence electrons. The van der Waals surface area contributed by atoms with Gasteiger partial charge in [0.2, 0.25) is 0 Å². The van der Waals surface area contributed by atoms with E-state index in [2.05, 4.69) is 42.2 Å². The Morgan fingerprint density at radius 1 is 1.00 bits per heavy atom. The van der Waals surface area contributed by atoms with Gasteiger partial charge in [-0.3, -0.25) is 9.69 Å². The van der Waals surface area contributed by atoms with E-state index in [9.17, 15) is 4.79 Å². The van der Waals surface area contributed by atoms with Crippen LogP contribution in [0.1, 0.15) is 22.8 Å². The van der Waals surface area contributed by atoms with Crippen molar-refractivity contribution in [3.63, 3.8) is 0 Å². The van der Waals surface area contributed by atoms with Gasteiger partial charge in [-0.05, 0) is 31.0 Å². The van der Waals surface area contributed by atoms with Crippen LogP contribution >= 0.6 is 0 Å². The third kappa shape index (κ3) is 3.99. The fourth-order valence-corrected chi connectivity index (χ4v) is 3.19. The lowest BCUT2D eigenvalue weighted by molar-refractivity contribution is 0.0518. The minimum atomic E-state index is 0.153. The van der Waals surface area contributed by atoms with Crippen LogP contribution in [0.25, 0.3) is 0 Å². The molecule has 0 N–H and O–H groups in total. The lowest BCUT2D eigenvalue weighted by Gasteiger charge is -2.40. The van der Waals surface area contributed by atoms with Gasteiger partial charge >= 0.3 is 0 Å². The first-order valence-corrected chi connectivity index (χ1v) is 8.36. The van der Waals surface area contributed by atoms with Gasteiger partial charge in [0.1, 0.15) is 0 Å². The molecular formula is C20H24N2O. The van der Waals surface area contributed by atoms with Gasteiger partial charge in [0.05, 0.1) is 0 Å². The Kier molecular flexibility index (Phi) is 5.09. The second-order valence-electron chi connectivity index (χ2n) is 6.24. The fraction of sp³-hybridized carbons (Fsp3) is 0.350. The van der Waals surface area contributed by atoms with Crippen LogP contribution in [0.5, 0.6) is 0 Å². The number of carbonyl (C=O) groups is 1. The predicted molar refractivity (Wildman–Crippen MR) is 93.5 cm³/mol. The smallest absolute Gasteiger partial charge is 0.253 e. The maximum atomic E-state index is 12.5. The van der Waals surface area contributed by atoms with Gasteiger partial charge in [-0.15, -0.1) is 0 Å². The monoisotopic (exact) mass is 308 g/mol. The Morgan fingerprint density at radius 3 is 2.30 bits per heavy atom. The summed E-state index contributed by atoms with van der Waals surface area (Å²) < 4.78 is 0. The summed E-state index contributed by atoms with van der Waals surface area (Å²) in [6.45, 7) is 5.84. The van der Waals surface area contributed by atoms with Gasteiger partial charge in [-0.25, -0.2) is 0 Å². The average molecular weight is 308 g/mol. The molecule has 23 heavy (non-hydrogen) atoms. The van der Waals surface area contributed by atoms with Crippen LogP contribution in [-0.4, -0.2) is 47.9 Å². The first-order chi connectivity index (χ1) is 11.2. The summed E-state index contributed by atoms with van der Waals surface area (Å²) in [5.41, 5.74) is 2.17. The topological polar surface area (TPSA) is 23.6 Å². The summed E-state index contributed by atoms with van der Waals surface area (Å²) in [5, 5.41) is 0. The van der Waals surface area contributed by atoms with E-state index in [1.54, 1.807) is 0 Å². The Bertz CT molecular complexity index is 627. The van der Waals surface area contributed by atoms with Crippen LogP contribution < -0.4 is 0 Å².